The minimum atomic E-state index is 0.295. The van der Waals surface area contributed by atoms with Gasteiger partial charge in [0.2, 0.25) is 0 Å². The smallest absolute Gasteiger partial charge is 0.133 e. The van der Waals surface area contributed by atoms with Crippen molar-refractivity contribution in [3.05, 3.63) is 11.6 Å². The number of hydrogen-bond donors (Lipinski definition) is 1. The molecule has 1 aliphatic heterocycles. The van der Waals surface area contributed by atoms with E-state index in [1.54, 1.807) is 0 Å². The van der Waals surface area contributed by atoms with Gasteiger partial charge in [-0.3, -0.25) is 0 Å². The number of fused-ring (bicyclic) bond motifs is 1. The van der Waals surface area contributed by atoms with Crippen LogP contribution in [-0.4, -0.2) is 20.8 Å². The lowest BCUT2D eigenvalue weighted by Gasteiger charge is -2.24. The van der Waals surface area contributed by atoms with E-state index in [1.165, 1.54) is 37.9 Å². The molecular formula is C13H22N4. The highest BCUT2D eigenvalue weighted by Crippen LogP contribution is 2.27. The first kappa shape index (κ1) is 11.2. The van der Waals surface area contributed by atoms with Crippen LogP contribution in [0.15, 0.2) is 0 Å². The van der Waals surface area contributed by atoms with Crippen LogP contribution >= 0.6 is 0 Å². The van der Waals surface area contributed by atoms with Crippen LogP contribution in [0.3, 0.4) is 0 Å². The monoisotopic (exact) mass is 234 g/mol. The van der Waals surface area contributed by atoms with Gasteiger partial charge in [-0.1, -0.05) is 32.1 Å². The Balaban J connectivity index is 1.72. The maximum Gasteiger partial charge on any atom is 0.133 e. The van der Waals surface area contributed by atoms with E-state index in [9.17, 15) is 0 Å². The minimum Gasteiger partial charge on any atom is -0.326 e. The summed E-state index contributed by atoms with van der Waals surface area (Å²) in [6.07, 6.45) is 10.1. The van der Waals surface area contributed by atoms with Crippen LogP contribution in [0.1, 0.15) is 50.2 Å². The molecule has 1 aromatic rings. The maximum absolute atomic E-state index is 6.03. The number of aryl methyl sites for hydroxylation is 1. The summed E-state index contributed by atoms with van der Waals surface area (Å²) in [7, 11) is 0. The lowest BCUT2D eigenvalue weighted by Crippen LogP contribution is -2.33. The third-order valence-corrected chi connectivity index (χ3v) is 4.26. The summed E-state index contributed by atoms with van der Waals surface area (Å²) in [4.78, 5) is 0. The van der Waals surface area contributed by atoms with Gasteiger partial charge in [0.25, 0.3) is 0 Å². The van der Waals surface area contributed by atoms with E-state index in [0.717, 1.165) is 37.5 Å². The summed E-state index contributed by atoms with van der Waals surface area (Å²) in [6.45, 7) is 0.921. The van der Waals surface area contributed by atoms with Gasteiger partial charge in [-0.2, -0.15) is 0 Å². The Morgan fingerprint density at radius 1 is 1.12 bits per heavy atom. The van der Waals surface area contributed by atoms with Gasteiger partial charge < -0.3 is 10.3 Å². The summed E-state index contributed by atoms with van der Waals surface area (Å²) < 4.78 is 2.28. The van der Waals surface area contributed by atoms with E-state index in [2.05, 4.69) is 14.8 Å². The van der Waals surface area contributed by atoms with Gasteiger partial charge in [0.15, 0.2) is 0 Å². The molecule has 0 aromatic carbocycles. The van der Waals surface area contributed by atoms with Crippen molar-refractivity contribution in [2.45, 2.75) is 64.0 Å². The van der Waals surface area contributed by atoms with Gasteiger partial charge in [0, 0.05) is 25.4 Å². The molecule has 0 spiro atoms. The van der Waals surface area contributed by atoms with Crippen LogP contribution in [0.5, 0.6) is 0 Å². The predicted molar refractivity (Wildman–Crippen MR) is 66.6 cm³/mol. The van der Waals surface area contributed by atoms with Crippen LogP contribution in [-0.2, 0) is 19.4 Å². The Bertz CT molecular complexity index is 379. The number of rotatable bonds is 2. The molecule has 0 bridgehead atoms. The first-order chi connectivity index (χ1) is 8.33. The minimum absolute atomic E-state index is 0.295. The van der Waals surface area contributed by atoms with Gasteiger partial charge in [0.1, 0.15) is 11.6 Å². The van der Waals surface area contributed by atoms with Crippen LogP contribution in [0.4, 0.5) is 0 Å². The van der Waals surface area contributed by atoms with Crippen molar-refractivity contribution < 1.29 is 0 Å². The molecule has 4 heteroatoms. The van der Waals surface area contributed by atoms with E-state index < -0.39 is 0 Å². The highest BCUT2D eigenvalue weighted by Gasteiger charge is 2.23. The van der Waals surface area contributed by atoms with Crippen molar-refractivity contribution in [3.63, 3.8) is 0 Å². The standard InChI is InChI=1S/C13H22N4/c14-11-6-7-12-15-16-13(17(12)9-11)8-10-4-2-1-3-5-10/h10-11H,1-9,14H2. The fourth-order valence-electron chi connectivity index (χ4n) is 3.21. The van der Waals surface area contributed by atoms with E-state index in [-0.39, 0.29) is 0 Å². The zero-order valence-electron chi connectivity index (χ0n) is 10.4. The van der Waals surface area contributed by atoms with Crippen LogP contribution in [0, 0.1) is 5.92 Å². The van der Waals surface area contributed by atoms with Crippen molar-refractivity contribution in [1.82, 2.24) is 14.8 Å². The second kappa shape index (κ2) is 4.77. The normalized spacial score (nSPS) is 25.8. The van der Waals surface area contributed by atoms with Crippen molar-refractivity contribution in [3.8, 4) is 0 Å². The molecule has 2 N–H and O–H groups in total. The second-order valence-electron chi connectivity index (χ2n) is 5.65. The first-order valence-electron chi connectivity index (χ1n) is 6.99. The fourth-order valence-corrected chi connectivity index (χ4v) is 3.21. The van der Waals surface area contributed by atoms with E-state index in [0.29, 0.717) is 6.04 Å². The Kier molecular flexibility index (Phi) is 3.14. The van der Waals surface area contributed by atoms with E-state index >= 15 is 0 Å². The van der Waals surface area contributed by atoms with Crippen LogP contribution in [0.2, 0.25) is 0 Å². The molecule has 1 saturated carbocycles. The SMILES string of the molecule is NC1CCc2nnc(CC3CCCCC3)n2C1. The van der Waals surface area contributed by atoms with Crippen molar-refractivity contribution in [2.24, 2.45) is 11.7 Å². The molecule has 4 nitrogen and oxygen atoms in total. The lowest BCUT2D eigenvalue weighted by molar-refractivity contribution is 0.342. The Morgan fingerprint density at radius 3 is 2.76 bits per heavy atom. The summed E-state index contributed by atoms with van der Waals surface area (Å²) in [5.41, 5.74) is 6.03. The molecule has 17 heavy (non-hydrogen) atoms. The molecular weight excluding hydrogens is 212 g/mol. The molecule has 2 aliphatic rings. The second-order valence-corrected chi connectivity index (χ2v) is 5.65. The van der Waals surface area contributed by atoms with Gasteiger partial charge in [-0.25, -0.2) is 0 Å². The molecule has 0 amide bonds. The fraction of sp³-hybridized carbons (Fsp3) is 0.846. The molecule has 0 radical (unpaired) electrons. The molecule has 2 heterocycles. The summed E-state index contributed by atoms with van der Waals surface area (Å²) in [5, 5.41) is 8.70. The average Bonchev–Trinajstić information content (AvgIpc) is 2.73. The van der Waals surface area contributed by atoms with Crippen molar-refractivity contribution >= 4 is 0 Å². The quantitative estimate of drug-likeness (QED) is 0.847. The number of hydrogen-bond acceptors (Lipinski definition) is 3. The Labute approximate surface area is 103 Å². The molecule has 1 atom stereocenters. The van der Waals surface area contributed by atoms with Crippen molar-refractivity contribution in [1.29, 1.82) is 0 Å². The zero-order chi connectivity index (χ0) is 11.7. The highest BCUT2D eigenvalue weighted by molar-refractivity contribution is 5.02. The van der Waals surface area contributed by atoms with E-state index in [1.807, 2.05) is 0 Å². The van der Waals surface area contributed by atoms with Gasteiger partial charge in [-0.05, 0) is 12.3 Å². The number of nitrogens with zero attached hydrogens (tertiary/aromatic N) is 3. The van der Waals surface area contributed by atoms with Crippen molar-refractivity contribution in [2.75, 3.05) is 0 Å². The summed E-state index contributed by atoms with van der Waals surface area (Å²) in [5.74, 6) is 3.16. The Hall–Kier alpha value is -0.900. The maximum atomic E-state index is 6.03. The first-order valence-corrected chi connectivity index (χ1v) is 6.99. The number of nitrogens with two attached hydrogens (primary N) is 1. The third-order valence-electron chi connectivity index (χ3n) is 4.26. The Morgan fingerprint density at radius 2 is 1.94 bits per heavy atom. The van der Waals surface area contributed by atoms with Crippen LogP contribution in [0.25, 0.3) is 0 Å². The third kappa shape index (κ3) is 2.37. The van der Waals surface area contributed by atoms with Gasteiger partial charge >= 0.3 is 0 Å². The zero-order valence-corrected chi connectivity index (χ0v) is 10.4. The molecule has 1 unspecified atom stereocenters. The van der Waals surface area contributed by atoms with Gasteiger partial charge in [-0.15, -0.1) is 10.2 Å². The molecule has 94 valence electrons. The highest BCUT2D eigenvalue weighted by atomic mass is 15.3. The lowest BCUT2D eigenvalue weighted by atomic mass is 9.87. The van der Waals surface area contributed by atoms with Crippen LogP contribution < -0.4 is 5.73 Å². The topological polar surface area (TPSA) is 56.7 Å². The van der Waals surface area contributed by atoms with Gasteiger partial charge in [0.05, 0.1) is 0 Å². The molecule has 1 aromatic heterocycles. The molecule has 1 fully saturated rings. The molecule has 0 saturated heterocycles. The largest absolute Gasteiger partial charge is 0.326 e. The predicted octanol–water partition coefficient (Wildman–Crippen LogP) is 1.67. The van der Waals surface area contributed by atoms with E-state index in [4.69, 9.17) is 5.73 Å². The molecule has 1 aliphatic carbocycles. The average molecular weight is 234 g/mol. The number of aromatic nitrogens is 3. The summed E-state index contributed by atoms with van der Waals surface area (Å²) >= 11 is 0. The molecule has 3 rings (SSSR count). The summed E-state index contributed by atoms with van der Waals surface area (Å²) in [6, 6.07) is 0.295.